The molecular formula is C12H17NO5S. The molecule has 2 N–H and O–H groups in total. The van der Waals surface area contributed by atoms with E-state index in [-0.39, 0.29) is 23.3 Å². The number of aliphatic hydroxyl groups excluding tert-OH is 1. The van der Waals surface area contributed by atoms with Crippen molar-refractivity contribution in [3.8, 4) is 5.75 Å². The molecule has 0 radical (unpaired) electrons. The lowest BCUT2D eigenvalue weighted by Gasteiger charge is -2.21. The van der Waals surface area contributed by atoms with Crippen molar-refractivity contribution in [2.24, 2.45) is 0 Å². The van der Waals surface area contributed by atoms with Gasteiger partial charge in [-0.15, -0.1) is 0 Å². The van der Waals surface area contributed by atoms with Gasteiger partial charge in [-0.3, -0.25) is 4.79 Å². The van der Waals surface area contributed by atoms with Crippen LogP contribution in [0.4, 0.5) is 0 Å². The Morgan fingerprint density at radius 1 is 1.47 bits per heavy atom. The zero-order valence-corrected chi connectivity index (χ0v) is 11.7. The Kier molecular flexibility index (Phi) is 5.78. The van der Waals surface area contributed by atoms with E-state index in [1.54, 1.807) is 4.90 Å². The van der Waals surface area contributed by atoms with Gasteiger partial charge >= 0.3 is 0 Å². The van der Waals surface area contributed by atoms with E-state index in [4.69, 9.17) is 26.5 Å². The zero-order valence-electron chi connectivity index (χ0n) is 10.9. The first-order valence-corrected chi connectivity index (χ1v) is 6.31. The van der Waals surface area contributed by atoms with Crippen LogP contribution in [0.15, 0.2) is 15.3 Å². The lowest BCUT2D eigenvalue weighted by Crippen LogP contribution is -2.30. The average molecular weight is 287 g/mol. The second kappa shape index (κ2) is 7.10. The van der Waals surface area contributed by atoms with Crippen molar-refractivity contribution in [2.75, 3.05) is 13.1 Å². The summed E-state index contributed by atoms with van der Waals surface area (Å²) in [6, 6.07) is 1.03. The Morgan fingerprint density at radius 2 is 2.11 bits per heavy atom. The molecule has 1 aromatic rings. The van der Waals surface area contributed by atoms with E-state index in [2.05, 4.69) is 0 Å². The van der Waals surface area contributed by atoms with Crippen LogP contribution in [-0.4, -0.2) is 33.4 Å². The molecule has 0 bridgehead atoms. The number of aromatic hydroxyl groups is 1. The highest BCUT2D eigenvalue weighted by atomic mass is 32.1. The molecule has 19 heavy (non-hydrogen) atoms. The lowest BCUT2D eigenvalue weighted by atomic mass is 10.3. The van der Waals surface area contributed by atoms with Crippen LogP contribution in [0.25, 0.3) is 0 Å². The highest BCUT2D eigenvalue weighted by Crippen LogP contribution is 2.15. The van der Waals surface area contributed by atoms with Crippen LogP contribution in [0.5, 0.6) is 5.75 Å². The van der Waals surface area contributed by atoms with E-state index in [0.29, 0.717) is 13.1 Å². The quantitative estimate of drug-likeness (QED) is 0.781. The summed E-state index contributed by atoms with van der Waals surface area (Å²) in [5.74, 6) is -0.513. The standard InChI is InChI=1S/C12H17NO5S/c1-3-13(4-2)12(19)17-7-10-11(16)9(15)5-8(6-14)18-10/h5,14,16H,3-4,6-7H2,1-2H3. The summed E-state index contributed by atoms with van der Waals surface area (Å²) >= 11 is 5.06. The minimum atomic E-state index is -0.623. The summed E-state index contributed by atoms with van der Waals surface area (Å²) in [4.78, 5) is 13.2. The summed E-state index contributed by atoms with van der Waals surface area (Å²) in [5.41, 5.74) is -0.623. The molecular weight excluding hydrogens is 270 g/mol. The number of thiocarbonyl (C=S) groups is 1. The molecule has 0 aliphatic heterocycles. The highest BCUT2D eigenvalue weighted by molar-refractivity contribution is 7.80. The molecule has 7 heteroatoms. The number of rotatable bonds is 5. The van der Waals surface area contributed by atoms with Gasteiger partial charge < -0.3 is 24.3 Å². The molecule has 0 aromatic carbocycles. The van der Waals surface area contributed by atoms with Crippen molar-refractivity contribution in [3.05, 3.63) is 27.8 Å². The zero-order chi connectivity index (χ0) is 14.4. The fourth-order valence-electron chi connectivity index (χ4n) is 1.46. The van der Waals surface area contributed by atoms with Crippen LogP contribution >= 0.6 is 12.2 Å². The number of aliphatic hydroxyl groups is 1. The highest BCUT2D eigenvalue weighted by Gasteiger charge is 2.14. The monoisotopic (exact) mass is 287 g/mol. The molecule has 1 aromatic heterocycles. The van der Waals surface area contributed by atoms with Gasteiger partial charge in [-0.05, 0) is 26.1 Å². The normalized spacial score (nSPS) is 10.3. The van der Waals surface area contributed by atoms with Crippen molar-refractivity contribution in [1.82, 2.24) is 4.90 Å². The SMILES string of the molecule is CCN(CC)C(=S)OCc1oc(CO)cc(=O)c1O. The van der Waals surface area contributed by atoms with E-state index < -0.39 is 17.8 Å². The van der Waals surface area contributed by atoms with E-state index in [0.717, 1.165) is 6.07 Å². The van der Waals surface area contributed by atoms with Gasteiger partial charge in [0.1, 0.15) is 12.4 Å². The van der Waals surface area contributed by atoms with Crippen LogP contribution in [0.3, 0.4) is 0 Å². The van der Waals surface area contributed by atoms with Crippen molar-refractivity contribution in [3.63, 3.8) is 0 Å². The predicted molar refractivity (Wildman–Crippen MR) is 72.9 cm³/mol. The summed E-state index contributed by atoms with van der Waals surface area (Å²) in [6.07, 6.45) is 0. The predicted octanol–water partition coefficient (Wildman–Crippen LogP) is 0.981. The summed E-state index contributed by atoms with van der Waals surface area (Å²) in [6.45, 7) is 4.67. The maximum atomic E-state index is 11.4. The fourth-order valence-corrected chi connectivity index (χ4v) is 1.78. The van der Waals surface area contributed by atoms with Crippen LogP contribution in [0, 0.1) is 0 Å². The topological polar surface area (TPSA) is 83.1 Å². The van der Waals surface area contributed by atoms with E-state index in [1.807, 2.05) is 13.8 Å². The molecule has 0 saturated heterocycles. The Hall–Kier alpha value is -1.60. The largest absolute Gasteiger partial charge is 0.502 e. The fraction of sp³-hybridized carbons (Fsp3) is 0.500. The molecule has 0 spiro atoms. The van der Waals surface area contributed by atoms with Gasteiger partial charge in [0.25, 0.3) is 5.17 Å². The van der Waals surface area contributed by atoms with Crippen LogP contribution in [0.2, 0.25) is 0 Å². The first kappa shape index (κ1) is 15.5. The minimum absolute atomic E-state index is 0.0499. The summed E-state index contributed by atoms with van der Waals surface area (Å²) in [7, 11) is 0. The maximum Gasteiger partial charge on any atom is 0.259 e. The molecule has 0 amide bonds. The third-order valence-electron chi connectivity index (χ3n) is 2.55. The molecule has 0 aliphatic carbocycles. The molecule has 0 atom stereocenters. The number of hydrogen-bond acceptors (Lipinski definition) is 6. The Balaban J connectivity index is 2.80. The van der Waals surface area contributed by atoms with Crippen LogP contribution in [0.1, 0.15) is 25.4 Å². The molecule has 6 nitrogen and oxygen atoms in total. The first-order chi connectivity index (χ1) is 9.03. The van der Waals surface area contributed by atoms with E-state index >= 15 is 0 Å². The van der Waals surface area contributed by atoms with Crippen molar-refractivity contribution in [1.29, 1.82) is 0 Å². The van der Waals surface area contributed by atoms with Crippen LogP contribution < -0.4 is 5.43 Å². The average Bonchev–Trinajstić information content (AvgIpc) is 2.41. The molecule has 1 rings (SSSR count). The van der Waals surface area contributed by atoms with Gasteiger partial charge in [0, 0.05) is 19.2 Å². The van der Waals surface area contributed by atoms with E-state index in [9.17, 15) is 9.90 Å². The number of ether oxygens (including phenoxy) is 1. The Morgan fingerprint density at radius 3 is 2.63 bits per heavy atom. The van der Waals surface area contributed by atoms with Gasteiger partial charge in [0.05, 0.1) is 0 Å². The Bertz CT molecular complexity index is 495. The minimum Gasteiger partial charge on any atom is -0.502 e. The number of nitrogens with zero attached hydrogens (tertiary/aromatic N) is 1. The smallest absolute Gasteiger partial charge is 0.259 e. The van der Waals surface area contributed by atoms with E-state index in [1.165, 1.54) is 0 Å². The molecule has 0 aliphatic rings. The third-order valence-corrected chi connectivity index (χ3v) is 2.92. The van der Waals surface area contributed by atoms with Gasteiger partial charge in [-0.1, -0.05) is 0 Å². The number of hydrogen-bond donors (Lipinski definition) is 2. The molecule has 106 valence electrons. The summed E-state index contributed by atoms with van der Waals surface area (Å²) < 4.78 is 10.4. The third kappa shape index (κ3) is 3.93. The van der Waals surface area contributed by atoms with Gasteiger partial charge in [-0.2, -0.15) is 0 Å². The molecule has 0 saturated carbocycles. The van der Waals surface area contributed by atoms with Gasteiger partial charge in [-0.25, -0.2) is 0 Å². The second-order valence-corrected chi connectivity index (χ2v) is 4.08. The second-order valence-electron chi connectivity index (χ2n) is 3.73. The first-order valence-electron chi connectivity index (χ1n) is 5.90. The van der Waals surface area contributed by atoms with Gasteiger partial charge in [0.2, 0.25) is 11.2 Å². The molecule has 1 heterocycles. The van der Waals surface area contributed by atoms with Crippen LogP contribution in [-0.2, 0) is 18.0 Å². The lowest BCUT2D eigenvalue weighted by molar-refractivity contribution is 0.189. The molecule has 0 unspecified atom stereocenters. The maximum absolute atomic E-state index is 11.4. The van der Waals surface area contributed by atoms with Gasteiger partial charge in [0.15, 0.2) is 12.4 Å². The van der Waals surface area contributed by atoms with Crippen molar-refractivity contribution < 1.29 is 19.4 Å². The summed E-state index contributed by atoms with van der Waals surface area (Å²) in [5, 5.41) is 18.8. The Labute approximate surface area is 116 Å². The molecule has 0 fully saturated rings. The van der Waals surface area contributed by atoms with Crippen molar-refractivity contribution >= 4 is 17.4 Å². The van der Waals surface area contributed by atoms with Crippen molar-refractivity contribution in [2.45, 2.75) is 27.1 Å².